The van der Waals surface area contributed by atoms with E-state index in [4.69, 9.17) is 10.5 Å². The number of hydrogen-bond acceptors (Lipinski definition) is 5. The Kier molecular flexibility index (Phi) is 3.47. The summed E-state index contributed by atoms with van der Waals surface area (Å²) < 4.78 is 5.23. The monoisotopic (exact) mass is 249 g/mol. The van der Waals surface area contributed by atoms with E-state index < -0.39 is 0 Å². The van der Waals surface area contributed by atoms with Crippen molar-refractivity contribution >= 4 is 17.5 Å². The molecular formula is C12H15N3O3. The summed E-state index contributed by atoms with van der Waals surface area (Å²) >= 11 is 0. The molecule has 0 radical (unpaired) electrons. The predicted octanol–water partition coefficient (Wildman–Crippen LogP) is -0.264. The molecule has 0 saturated carbocycles. The molecule has 1 fully saturated rings. The number of amides is 2. The fourth-order valence-corrected chi connectivity index (χ4v) is 1.94. The third-order valence-electron chi connectivity index (χ3n) is 2.72. The van der Waals surface area contributed by atoms with Gasteiger partial charge < -0.3 is 10.5 Å². The summed E-state index contributed by atoms with van der Waals surface area (Å²) in [5.41, 5.74) is 7.18. The lowest BCUT2D eigenvalue weighted by Crippen LogP contribution is -2.50. The van der Waals surface area contributed by atoms with Crippen molar-refractivity contribution in [3.63, 3.8) is 0 Å². The molecule has 6 nitrogen and oxygen atoms in total. The van der Waals surface area contributed by atoms with Gasteiger partial charge in [0.05, 0.1) is 20.2 Å². The molecule has 2 rings (SSSR count). The van der Waals surface area contributed by atoms with Crippen LogP contribution in [0.25, 0.3) is 0 Å². The second-order valence-electron chi connectivity index (χ2n) is 4.19. The minimum absolute atomic E-state index is 0.208. The Labute approximate surface area is 105 Å². The van der Waals surface area contributed by atoms with Crippen molar-refractivity contribution in [2.45, 2.75) is 6.54 Å². The molecule has 1 saturated heterocycles. The lowest BCUT2D eigenvalue weighted by molar-refractivity contribution is -0.136. The number of rotatable bonds is 3. The zero-order valence-corrected chi connectivity index (χ0v) is 10.1. The lowest BCUT2D eigenvalue weighted by atomic mass is 10.1. The molecule has 1 aromatic rings. The van der Waals surface area contributed by atoms with Crippen LogP contribution in [0.4, 0.5) is 5.69 Å². The Morgan fingerprint density at radius 2 is 2.00 bits per heavy atom. The van der Waals surface area contributed by atoms with Gasteiger partial charge in [-0.25, -0.2) is 0 Å². The minimum atomic E-state index is -0.277. The SMILES string of the molecule is COc1cc(N)ccc1CN1CC(=O)NC(=O)C1. The topological polar surface area (TPSA) is 84.7 Å². The fraction of sp³-hybridized carbons (Fsp3) is 0.333. The number of nitrogens with two attached hydrogens (primary N) is 1. The highest BCUT2D eigenvalue weighted by molar-refractivity contribution is 5.99. The van der Waals surface area contributed by atoms with Crippen LogP contribution >= 0.6 is 0 Å². The first-order valence-electron chi connectivity index (χ1n) is 5.56. The highest BCUT2D eigenvalue weighted by Crippen LogP contribution is 2.23. The maximum absolute atomic E-state index is 11.3. The van der Waals surface area contributed by atoms with Crippen LogP contribution in [0.3, 0.4) is 0 Å². The number of methoxy groups -OCH3 is 1. The molecule has 3 N–H and O–H groups in total. The molecule has 18 heavy (non-hydrogen) atoms. The van der Waals surface area contributed by atoms with Crippen LogP contribution in [-0.4, -0.2) is 36.9 Å². The number of carbonyl (C=O) groups is 2. The predicted molar refractivity (Wildman–Crippen MR) is 65.8 cm³/mol. The molecule has 0 spiro atoms. The summed E-state index contributed by atoms with van der Waals surface area (Å²) in [5.74, 6) is 0.106. The van der Waals surface area contributed by atoms with E-state index in [1.807, 2.05) is 6.07 Å². The molecule has 0 aliphatic carbocycles. The van der Waals surface area contributed by atoms with Crippen LogP contribution in [0.5, 0.6) is 5.75 Å². The third kappa shape index (κ3) is 2.78. The second-order valence-corrected chi connectivity index (χ2v) is 4.19. The van der Waals surface area contributed by atoms with Crippen molar-refractivity contribution in [2.24, 2.45) is 0 Å². The molecule has 1 aliphatic rings. The number of benzene rings is 1. The van der Waals surface area contributed by atoms with Gasteiger partial charge in [0.2, 0.25) is 11.8 Å². The average Bonchev–Trinajstić information content (AvgIpc) is 2.30. The molecule has 2 amide bonds. The van der Waals surface area contributed by atoms with Gasteiger partial charge in [-0.05, 0) is 6.07 Å². The summed E-state index contributed by atoms with van der Waals surface area (Å²) in [5, 5.41) is 2.26. The number of carbonyl (C=O) groups excluding carboxylic acids is 2. The number of anilines is 1. The minimum Gasteiger partial charge on any atom is -0.496 e. The van der Waals surface area contributed by atoms with Gasteiger partial charge in [-0.3, -0.25) is 19.8 Å². The van der Waals surface area contributed by atoms with E-state index in [1.54, 1.807) is 24.1 Å². The Bertz CT molecular complexity index is 471. The van der Waals surface area contributed by atoms with E-state index in [2.05, 4.69) is 5.32 Å². The van der Waals surface area contributed by atoms with Crippen molar-refractivity contribution in [2.75, 3.05) is 25.9 Å². The zero-order chi connectivity index (χ0) is 13.1. The summed E-state index contributed by atoms with van der Waals surface area (Å²) in [7, 11) is 1.56. The molecule has 0 bridgehead atoms. The molecule has 96 valence electrons. The van der Waals surface area contributed by atoms with Gasteiger partial charge >= 0.3 is 0 Å². The van der Waals surface area contributed by atoms with Crippen LogP contribution in [0, 0.1) is 0 Å². The van der Waals surface area contributed by atoms with E-state index >= 15 is 0 Å². The molecule has 1 heterocycles. The molecule has 6 heteroatoms. The molecule has 1 aliphatic heterocycles. The largest absolute Gasteiger partial charge is 0.496 e. The standard InChI is InChI=1S/C12H15N3O3/c1-18-10-4-9(13)3-2-8(10)5-15-6-11(16)14-12(17)7-15/h2-4H,5-7,13H2,1H3,(H,14,16,17). The maximum Gasteiger partial charge on any atom is 0.240 e. The first-order chi connectivity index (χ1) is 8.58. The molecular weight excluding hydrogens is 234 g/mol. The van der Waals surface area contributed by atoms with E-state index in [9.17, 15) is 9.59 Å². The fourth-order valence-electron chi connectivity index (χ4n) is 1.94. The highest BCUT2D eigenvalue weighted by Gasteiger charge is 2.23. The number of nitrogen functional groups attached to an aromatic ring is 1. The van der Waals surface area contributed by atoms with Crippen molar-refractivity contribution in [3.8, 4) is 5.75 Å². The van der Waals surface area contributed by atoms with Crippen LogP contribution in [0.2, 0.25) is 0 Å². The summed E-state index contributed by atoms with van der Waals surface area (Å²) in [6.45, 7) is 0.890. The van der Waals surface area contributed by atoms with Crippen molar-refractivity contribution in [1.29, 1.82) is 0 Å². The van der Waals surface area contributed by atoms with Gasteiger partial charge in [0.25, 0.3) is 0 Å². The number of imide groups is 1. The number of nitrogens with zero attached hydrogens (tertiary/aromatic N) is 1. The molecule has 1 aromatic carbocycles. The van der Waals surface area contributed by atoms with Gasteiger partial charge in [-0.2, -0.15) is 0 Å². The van der Waals surface area contributed by atoms with Gasteiger partial charge in [-0.1, -0.05) is 6.07 Å². The second kappa shape index (κ2) is 5.05. The highest BCUT2D eigenvalue weighted by atomic mass is 16.5. The summed E-state index contributed by atoms with van der Waals surface area (Å²) in [6, 6.07) is 5.33. The number of ether oxygens (including phenoxy) is 1. The number of piperazine rings is 1. The van der Waals surface area contributed by atoms with E-state index in [0.29, 0.717) is 18.0 Å². The van der Waals surface area contributed by atoms with E-state index in [1.165, 1.54) is 0 Å². The lowest BCUT2D eigenvalue weighted by Gasteiger charge is -2.25. The number of nitrogens with one attached hydrogen (secondary N) is 1. The van der Waals surface area contributed by atoms with Gasteiger partial charge in [0, 0.05) is 23.9 Å². The zero-order valence-electron chi connectivity index (χ0n) is 10.1. The van der Waals surface area contributed by atoms with Crippen LogP contribution in [0.1, 0.15) is 5.56 Å². The van der Waals surface area contributed by atoms with E-state index in [0.717, 1.165) is 5.56 Å². The number of hydrogen-bond donors (Lipinski definition) is 2. The van der Waals surface area contributed by atoms with Crippen LogP contribution in [-0.2, 0) is 16.1 Å². The van der Waals surface area contributed by atoms with Crippen LogP contribution in [0.15, 0.2) is 18.2 Å². The molecule has 0 unspecified atom stereocenters. The molecule has 0 atom stereocenters. The Hall–Kier alpha value is -2.08. The van der Waals surface area contributed by atoms with Gasteiger partial charge in [0.1, 0.15) is 5.75 Å². The Morgan fingerprint density at radius 3 is 2.61 bits per heavy atom. The Balaban J connectivity index is 2.13. The van der Waals surface area contributed by atoms with Crippen molar-refractivity contribution in [3.05, 3.63) is 23.8 Å². The van der Waals surface area contributed by atoms with Crippen LogP contribution < -0.4 is 15.8 Å². The average molecular weight is 249 g/mol. The normalized spacial score (nSPS) is 16.5. The van der Waals surface area contributed by atoms with Crippen molar-refractivity contribution in [1.82, 2.24) is 10.2 Å². The van der Waals surface area contributed by atoms with Gasteiger partial charge in [-0.15, -0.1) is 0 Å². The summed E-state index contributed by atoms with van der Waals surface area (Å²) in [6.07, 6.45) is 0. The Morgan fingerprint density at radius 1 is 1.33 bits per heavy atom. The first-order valence-corrected chi connectivity index (χ1v) is 5.56. The first kappa shape index (κ1) is 12.4. The smallest absolute Gasteiger partial charge is 0.240 e. The summed E-state index contributed by atoms with van der Waals surface area (Å²) in [4.78, 5) is 24.3. The third-order valence-corrected chi connectivity index (χ3v) is 2.72. The molecule has 0 aromatic heterocycles. The van der Waals surface area contributed by atoms with E-state index in [-0.39, 0.29) is 24.9 Å². The van der Waals surface area contributed by atoms with Gasteiger partial charge in [0.15, 0.2) is 0 Å². The maximum atomic E-state index is 11.3. The van der Waals surface area contributed by atoms with Crippen molar-refractivity contribution < 1.29 is 14.3 Å². The quantitative estimate of drug-likeness (QED) is 0.569.